The molecule has 0 aliphatic carbocycles. The highest BCUT2D eigenvalue weighted by Gasteiger charge is 2.15. The fraction of sp³-hybridized carbons (Fsp3) is 0.111. The van der Waals surface area contributed by atoms with Crippen LogP contribution < -0.4 is 0 Å². The summed E-state index contributed by atoms with van der Waals surface area (Å²) in [6.45, 7) is 1.16. The fourth-order valence-corrected chi connectivity index (χ4v) is 3.46. The summed E-state index contributed by atoms with van der Waals surface area (Å²) in [4.78, 5) is 19.6. The van der Waals surface area contributed by atoms with Crippen LogP contribution in [0, 0.1) is 0 Å². The minimum atomic E-state index is 0.0365. The number of aromatic nitrogens is 1. The largest absolute Gasteiger partial charge is 0.335 e. The molecule has 3 aromatic carbocycles. The molecule has 0 saturated carbocycles. The molecule has 0 atom stereocenters. The van der Waals surface area contributed by atoms with E-state index < -0.39 is 0 Å². The standard InChI is InChI=1S/C27H24N2O/c30-27(25-16-15-23-12-4-5-13-24(23)21-25)29(20-17-26-14-6-7-18-28-26)19-8-11-22-9-2-1-3-10-22/h1-16,18,21H,17,19-20H2/b11-8+. The molecule has 3 heteroatoms. The van der Waals surface area contributed by atoms with Crippen LogP contribution in [0.25, 0.3) is 16.8 Å². The van der Waals surface area contributed by atoms with Crippen molar-refractivity contribution in [1.29, 1.82) is 0 Å². The summed E-state index contributed by atoms with van der Waals surface area (Å²) in [7, 11) is 0. The van der Waals surface area contributed by atoms with E-state index in [-0.39, 0.29) is 5.91 Å². The van der Waals surface area contributed by atoms with E-state index in [2.05, 4.69) is 29.3 Å². The van der Waals surface area contributed by atoms with E-state index in [1.165, 1.54) is 0 Å². The Hall–Kier alpha value is -3.72. The Morgan fingerprint density at radius 3 is 2.40 bits per heavy atom. The summed E-state index contributed by atoms with van der Waals surface area (Å²) in [6, 6.07) is 30.0. The number of hydrogen-bond acceptors (Lipinski definition) is 2. The molecule has 0 aliphatic heterocycles. The summed E-state index contributed by atoms with van der Waals surface area (Å²) in [5.41, 5.74) is 2.82. The molecule has 3 nitrogen and oxygen atoms in total. The quantitative estimate of drug-likeness (QED) is 0.408. The van der Waals surface area contributed by atoms with Crippen molar-refractivity contribution in [3.8, 4) is 0 Å². The van der Waals surface area contributed by atoms with Gasteiger partial charge in [-0.15, -0.1) is 0 Å². The molecule has 0 saturated heterocycles. The van der Waals surface area contributed by atoms with Gasteiger partial charge in [0.1, 0.15) is 0 Å². The number of rotatable bonds is 7. The molecule has 1 amide bonds. The van der Waals surface area contributed by atoms with Crippen LogP contribution in [0.4, 0.5) is 0 Å². The Labute approximate surface area is 177 Å². The predicted molar refractivity (Wildman–Crippen MR) is 123 cm³/mol. The number of carbonyl (C=O) groups is 1. The van der Waals surface area contributed by atoms with Gasteiger partial charge in [0.15, 0.2) is 0 Å². The molecule has 0 radical (unpaired) electrons. The van der Waals surface area contributed by atoms with E-state index >= 15 is 0 Å². The molecule has 0 bridgehead atoms. The average molecular weight is 393 g/mol. The van der Waals surface area contributed by atoms with Crippen LogP contribution in [-0.2, 0) is 6.42 Å². The number of pyridine rings is 1. The Kier molecular flexibility index (Phi) is 6.31. The first-order valence-corrected chi connectivity index (χ1v) is 10.2. The lowest BCUT2D eigenvalue weighted by Gasteiger charge is -2.21. The molecule has 1 heterocycles. The average Bonchev–Trinajstić information content (AvgIpc) is 2.82. The first-order chi connectivity index (χ1) is 14.8. The van der Waals surface area contributed by atoms with E-state index in [1.54, 1.807) is 6.20 Å². The van der Waals surface area contributed by atoms with E-state index in [1.807, 2.05) is 83.8 Å². The SMILES string of the molecule is O=C(c1ccc2ccccc2c1)N(C/C=C/c1ccccc1)CCc1ccccn1. The first-order valence-electron chi connectivity index (χ1n) is 10.2. The zero-order valence-electron chi connectivity index (χ0n) is 16.8. The van der Waals surface area contributed by atoms with E-state index in [4.69, 9.17) is 0 Å². The molecule has 1 aromatic heterocycles. The normalized spacial score (nSPS) is 11.1. The Balaban J connectivity index is 1.54. The number of benzene rings is 3. The van der Waals surface area contributed by atoms with Crippen LogP contribution >= 0.6 is 0 Å². The molecule has 0 N–H and O–H groups in total. The van der Waals surface area contributed by atoms with Crippen molar-refractivity contribution < 1.29 is 4.79 Å². The van der Waals surface area contributed by atoms with E-state index in [0.717, 1.165) is 28.5 Å². The van der Waals surface area contributed by atoms with Crippen LogP contribution in [0.3, 0.4) is 0 Å². The molecular formula is C27H24N2O. The van der Waals surface area contributed by atoms with Gasteiger partial charge < -0.3 is 4.90 Å². The molecule has 4 aromatic rings. The Bertz CT molecular complexity index is 1140. The van der Waals surface area contributed by atoms with Crippen LogP contribution in [0.2, 0.25) is 0 Å². The lowest BCUT2D eigenvalue weighted by atomic mass is 10.1. The van der Waals surface area contributed by atoms with Crippen molar-refractivity contribution in [1.82, 2.24) is 9.88 Å². The summed E-state index contributed by atoms with van der Waals surface area (Å²) >= 11 is 0. The predicted octanol–water partition coefficient (Wildman–Crippen LogP) is 5.63. The van der Waals surface area contributed by atoms with E-state index in [0.29, 0.717) is 18.7 Å². The van der Waals surface area contributed by atoms with Crippen molar-refractivity contribution in [2.24, 2.45) is 0 Å². The lowest BCUT2D eigenvalue weighted by molar-refractivity contribution is 0.0775. The third-order valence-electron chi connectivity index (χ3n) is 5.08. The van der Waals surface area contributed by atoms with Gasteiger partial charge in [-0.1, -0.05) is 78.9 Å². The monoisotopic (exact) mass is 392 g/mol. The number of nitrogens with zero attached hydrogens (tertiary/aromatic N) is 2. The Morgan fingerprint density at radius 2 is 1.60 bits per heavy atom. The van der Waals surface area contributed by atoms with Gasteiger partial charge in [-0.2, -0.15) is 0 Å². The van der Waals surface area contributed by atoms with Crippen molar-refractivity contribution in [3.63, 3.8) is 0 Å². The van der Waals surface area contributed by atoms with Crippen molar-refractivity contribution >= 4 is 22.8 Å². The van der Waals surface area contributed by atoms with Crippen LogP contribution in [0.5, 0.6) is 0 Å². The number of fused-ring (bicyclic) bond motifs is 1. The molecule has 0 spiro atoms. The molecule has 0 fully saturated rings. The zero-order chi connectivity index (χ0) is 20.6. The van der Waals surface area contributed by atoms with Crippen LogP contribution in [0.15, 0.2) is 103 Å². The third kappa shape index (κ3) is 5.00. The van der Waals surface area contributed by atoms with Gasteiger partial charge >= 0.3 is 0 Å². The first kappa shape index (κ1) is 19.6. The second kappa shape index (κ2) is 9.66. The van der Waals surface area contributed by atoms with Crippen LogP contribution in [-0.4, -0.2) is 28.9 Å². The van der Waals surface area contributed by atoms with Gasteiger partial charge in [0.2, 0.25) is 0 Å². The second-order valence-electron chi connectivity index (χ2n) is 7.20. The summed E-state index contributed by atoms with van der Waals surface area (Å²) in [5, 5.41) is 2.21. The molecule has 148 valence electrons. The van der Waals surface area contributed by atoms with Gasteiger partial charge in [-0.25, -0.2) is 0 Å². The van der Waals surface area contributed by atoms with E-state index in [9.17, 15) is 4.79 Å². The molecule has 0 aliphatic rings. The fourth-order valence-electron chi connectivity index (χ4n) is 3.46. The number of carbonyl (C=O) groups excluding carboxylic acids is 1. The summed E-state index contributed by atoms with van der Waals surface area (Å²) in [5.74, 6) is 0.0365. The maximum atomic E-state index is 13.3. The van der Waals surface area contributed by atoms with Crippen molar-refractivity contribution in [3.05, 3.63) is 120 Å². The smallest absolute Gasteiger partial charge is 0.254 e. The van der Waals surface area contributed by atoms with Gasteiger partial charge in [-0.05, 0) is 40.6 Å². The second-order valence-corrected chi connectivity index (χ2v) is 7.20. The minimum absolute atomic E-state index is 0.0365. The highest BCUT2D eigenvalue weighted by molar-refractivity contribution is 5.98. The summed E-state index contributed by atoms with van der Waals surface area (Å²) in [6.07, 6.45) is 6.62. The highest BCUT2D eigenvalue weighted by Crippen LogP contribution is 2.17. The van der Waals surface area contributed by atoms with Gasteiger partial charge in [0.25, 0.3) is 5.91 Å². The topological polar surface area (TPSA) is 33.2 Å². The third-order valence-corrected chi connectivity index (χ3v) is 5.08. The number of hydrogen-bond donors (Lipinski definition) is 0. The van der Waals surface area contributed by atoms with Gasteiger partial charge in [0, 0.05) is 37.0 Å². The maximum Gasteiger partial charge on any atom is 0.254 e. The van der Waals surface area contributed by atoms with Crippen molar-refractivity contribution in [2.45, 2.75) is 6.42 Å². The molecule has 30 heavy (non-hydrogen) atoms. The van der Waals surface area contributed by atoms with Crippen molar-refractivity contribution in [2.75, 3.05) is 13.1 Å². The lowest BCUT2D eigenvalue weighted by Crippen LogP contribution is -2.33. The molecule has 4 rings (SSSR count). The van der Waals surface area contributed by atoms with Gasteiger partial charge in [0.05, 0.1) is 0 Å². The maximum absolute atomic E-state index is 13.3. The van der Waals surface area contributed by atoms with Gasteiger partial charge in [-0.3, -0.25) is 9.78 Å². The minimum Gasteiger partial charge on any atom is -0.335 e. The highest BCUT2D eigenvalue weighted by atomic mass is 16.2. The van der Waals surface area contributed by atoms with Crippen LogP contribution in [0.1, 0.15) is 21.6 Å². The Morgan fingerprint density at radius 1 is 0.833 bits per heavy atom. The number of amides is 1. The molecular weight excluding hydrogens is 368 g/mol. The molecule has 0 unspecified atom stereocenters. The summed E-state index contributed by atoms with van der Waals surface area (Å²) < 4.78 is 0. The zero-order valence-corrected chi connectivity index (χ0v) is 16.8.